The molecule has 1 aromatic heterocycles. The largest absolute Gasteiger partial charge is 0.346 e. The van der Waals surface area contributed by atoms with Crippen LogP contribution in [0.3, 0.4) is 0 Å². The summed E-state index contributed by atoms with van der Waals surface area (Å²) >= 11 is 0. The Hall–Kier alpha value is -2.70. The third-order valence-electron chi connectivity index (χ3n) is 5.38. The van der Waals surface area contributed by atoms with E-state index in [1.165, 1.54) is 12.1 Å². The van der Waals surface area contributed by atoms with Gasteiger partial charge in [0.25, 0.3) is 5.91 Å². The van der Waals surface area contributed by atoms with Gasteiger partial charge in [-0.1, -0.05) is 18.6 Å². The van der Waals surface area contributed by atoms with Crippen molar-refractivity contribution in [1.29, 1.82) is 0 Å². The number of hydrogen-bond donors (Lipinski definition) is 1. The summed E-state index contributed by atoms with van der Waals surface area (Å²) in [6.45, 7) is 2.30. The molecule has 2 amide bonds. The number of nitrogens with one attached hydrogen (secondary N) is 1. The van der Waals surface area contributed by atoms with Crippen molar-refractivity contribution in [2.45, 2.75) is 45.3 Å². The van der Waals surface area contributed by atoms with E-state index in [0.29, 0.717) is 12.2 Å². The third-order valence-corrected chi connectivity index (χ3v) is 5.38. The fourth-order valence-electron chi connectivity index (χ4n) is 3.62. The Morgan fingerprint density at radius 2 is 2.00 bits per heavy atom. The average Bonchev–Trinajstić information content (AvgIpc) is 2.88. The summed E-state index contributed by atoms with van der Waals surface area (Å²) in [7, 11) is 0. The van der Waals surface area contributed by atoms with E-state index in [1.54, 1.807) is 12.1 Å². The van der Waals surface area contributed by atoms with Gasteiger partial charge in [0.2, 0.25) is 5.91 Å². The van der Waals surface area contributed by atoms with E-state index < -0.39 is 11.7 Å². The highest BCUT2D eigenvalue weighted by molar-refractivity contribution is 5.94. The first kappa shape index (κ1) is 17.7. The summed E-state index contributed by atoms with van der Waals surface area (Å²) < 4.78 is 15.6. The number of aryl methyl sites for hydroxylation is 1. The van der Waals surface area contributed by atoms with Gasteiger partial charge in [-0.2, -0.15) is 5.10 Å². The molecule has 0 spiro atoms. The van der Waals surface area contributed by atoms with Crippen LogP contribution in [0.25, 0.3) is 0 Å². The summed E-state index contributed by atoms with van der Waals surface area (Å²) in [6, 6.07) is 7.83. The molecule has 7 heteroatoms. The maximum Gasteiger partial charge on any atom is 0.254 e. The fourth-order valence-corrected chi connectivity index (χ4v) is 3.62. The molecule has 0 bridgehead atoms. The molecular formula is C20H23FN4O2. The van der Waals surface area contributed by atoms with Gasteiger partial charge >= 0.3 is 0 Å². The molecular weight excluding hydrogens is 347 g/mol. The molecule has 2 heterocycles. The molecule has 0 atom stereocenters. The zero-order chi connectivity index (χ0) is 18.8. The Balaban J connectivity index is 1.41. The van der Waals surface area contributed by atoms with Crippen LogP contribution in [0.2, 0.25) is 0 Å². The number of hydrogen-bond acceptors (Lipinski definition) is 3. The van der Waals surface area contributed by atoms with Crippen molar-refractivity contribution < 1.29 is 14.0 Å². The molecule has 1 aliphatic carbocycles. The third kappa shape index (κ3) is 3.72. The number of halogens is 1. The van der Waals surface area contributed by atoms with Gasteiger partial charge in [-0.25, -0.2) is 4.39 Å². The molecule has 2 aromatic rings. The van der Waals surface area contributed by atoms with Crippen LogP contribution in [0.4, 0.5) is 4.39 Å². The molecule has 1 aliphatic heterocycles. The minimum Gasteiger partial charge on any atom is -0.346 e. The fraction of sp³-hybridized carbons (Fsp3) is 0.450. The number of carbonyl (C=O) groups excluding carboxylic acids is 2. The van der Waals surface area contributed by atoms with Crippen molar-refractivity contribution in [3.8, 4) is 0 Å². The lowest BCUT2D eigenvalue weighted by Crippen LogP contribution is -2.38. The number of amides is 2. The monoisotopic (exact) mass is 370 g/mol. The molecule has 0 unspecified atom stereocenters. The van der Waals surface area contributed by atoms with Crippen LogP contribution in [-0.4, -0.2) is 33.0 Å². The van der Waals surface area contributed by atoms with Gasteiger partial charge in [0.05, 0.1) is 30.0 Å². The first-order chi connectivity index (χ1) is 13.1. The zero-order valence-electron chi connectivity index (χ0n) is 15.2. The van der Waals surface area contributed by atoms with Crippen molar-refractivity contribution in [2.24, 2.45) is 5.92 Å². The van der Waals surface area contributed by atoms with E-state index in [2.05, 4.69) is 10.4 Å². The van der Waals surface area contributed by atoms with Gasteiger partial charge in [-0.15, -0.1) is 0 Å². The predicted octanol–water partition coefficient (Wildman–Crippen LogP) is 2.48. The number of fused-ring (bicyclic) bond motifs is 1. The van der Waals surface area contributed by atoms with E-state index >= 15 is 0 Å². The Morgan fingerprint density at radius 1 is 1.19 bits per heavy atom. The Morgan fingerprint density at radius 3 is 2.74 bits per heavy atom. The molecule has 4 rings (SSSR count). The lowest BCUT2D eigenvalue weighted by Gasteiger charge is -2.30. The molecule has 1 N–H and O–H groups in total. The summed E-state index contributed by atoms with van der Waals surface area (Å²) in [5.74, 6) is -0.553. The summed E-state index contributed by atoms with van der Waals surface area (Å²) in [6.07, 6.45) is 4.02. The zero-order valence-corrected chi connectivity index (χ0v) is 15.2. The molecule has 1 fully saturated rings. The standard InChI is InChI=1S/C20H23FN4O2/c21-18-8-2-1-7-17(18)19(26)22-12-15-11-16-13-24(9-4-10-25(16)23-15)20(27)14-5-3-6-14/h1-2,7-8,11,14H,3-6,9-10,12-13H2,(H,22,26). The van der Waals surface area contributed by atoms with Crippen molar-refractivity contribution >= 4 is 11.8 Å². The number of aromatic nitrogens is 2. The lowest BCUT2D eigenvalue weighted by molar-refractivity contribution is -0.138. The van der Waals surface area contributed by atoms with Gasteiger partial charge in [-0.05, 0) is 37.5 Å². The molecule has 0 saturated heterocycles. The van der Waals surface area contributed by atoms with Crippen LogP contribution in [0.1, 0.15) is 47.4 Å². The lowest BCUT2D eigenvalue weighted by atomic mass is 9.84. The molecule has 27 heavy (non-hydrogen) atoms. The van der Waals surface area contributed by atoms with Gasteiger partial charge in [0.1, 0.15) is 5.82 Å². The van der Waals surface area contributed by atoms with Gasteiger partial charge in [0.15, 0.2) is 0 Å². The number of benzene rings is 1. The molecule has 1 aromatic carbocycles. The number of nitrogens with zero attached hydrogens (tertiary/aromatic N) is 3. The Labute approximate surface area is 157 Å². The highest BCUT2D eigenvalue weighted by atomic mass is 19.1. The van der Waals surface area contributed by atoms with Crippen molar-refractivity contribution in [3.05, 3.63) is 53.1 Å². The topological polar surface area (TPSA) is 67.2 Å². The smallest absolute Gasteiger partial charge is 0.254 e. The van der Waals surface area contributed by atoms with Crippen LogP contribution < -0.4 is 5.32 Å². The minimum absolute atomic E-state index is 0.0237. The average molecular weight is 370 g/mol. The quantitative estimate of drug-likeness (QED) is 0.899. The maximum atomic E-state index is 13.7. The second-order valence-corrected chi connectivity index (χ2v) is 7.25. The normalized spacial score (nSPS) is 17.0. The number of carbonyl (C=O) groups is 2. The van der Waals surface area contributed by atoms with Gasteiger partial charge in [0, 0.05) is 19.0 Å². The first-order valence-electron chi connectivity index (χ1n) is 9.49. The predicted molar refractivity (Wildman–Crippen MR) is 97.2 cm³/mol. The van der Waals surface area contributed by atoms with E-state index in [9.17, 15) is 14.0 Å². The minimum atomic E-state index is -0.541. The second kappa shape index (κ2) is 7.50. The van der Waals surface area contributed by atoms with E-state index in [0.717, 1.165) is 44.5 Å². The van der Waals surface area contributed by atoms with Crippen LogP contribution in [-0.2, 0) is 24.4 Å². The summed E-state index contributed by atoms with van der Waals surface area (Å²) in [5, 5.41) is 7.26. The SMILES string of the molecule is O=C(NCc1cc2n(n1)CCCN(C(=O)C1CCC1)C2)c1ccccc1F. The van der Waals surface area contributed by atoms with Crippen molar-refractivity contribution in [2.75, 3.05) is 6.54 Å². The van der Waals surface area contributed by atoms with E-state index in [-0.39, 0.29) is 23.9 Å². The molecule has 0 radical (unpaired) electrons. The Bertz CT molecular complexity index is 859. The number of rotatable bonds is 4. The highest BCUT2D eigenvalue weighted by Gasteiger charge is 2.30. The summed E-state index contributed by atoms with van der Waals surface area (Å²) in [4.78, 5) is 26.6. The van der Waals surface area contributed by atoms with Crippen molar-refractivity contribution in [1.82, 2.24) is 20.0 Å². The van der Waals surface area contributed by atoms with Crippen molar-refractivity contribution in [3.63, 3.8) is 0 Å². The molecule has 2 aliphatic rings. The van der Waals surface area contributed by atoms with E-state index in [4.69, 9.17) is 0 Å². The van der Waals surface area contributed by atoms with Crippen LogP contribution in [0, 0.1) is 11.7 Å². The maximum absolute atomic E-state index is 13.7. The van der Waals surface area contributed by atoms with Gasteiger partial charge < -0.3 is 10.2 Å². The Kier molecular flexibility index (Phi) is 4.92. The van der Waals surface area contributed by atoms with Crippen LogP contribution >= 0.6 is 0 Å². The van der Waals surface area contributed by atoms with Crippen LogP contribution in [0.5, 0.6) is 0 Å². The first-order valence-corrected chi connectivity index (χ1v) is 9.49. The molecule has 142 valence electrons. The molecule has 6 nitrogen and oxygen atoms in total. The highest BCUT2D eigenvalue weighted by Crippen LogP contribution is 2.29. The second-order valence-electron chi connectivity index (χ2n) is 7.25. The summed E-state index contributed by atoms with van der Waals surface area (Å²) in [5.41, 5.74) is 1.72. The van der Waals surface area contributed by atoms with Crippen LogP contribution in [0.15, 0.2) is 30.3 Å². The molecule has 1 saturated carbocycles. The van der Waals surface area contributed by atoms with Gasteiger partial charge in [-0.3, -0.25) is 14.3 Å². The van der Waals surface area contributed by atoms with E-state index in [1.807, 2.05) is 15.6 Å².